The first kappa shape index (κ1) is 115. The molecular formula is C80H99BBr5Cl5Na2O19S6. The monoisotopic (exact) mass is 2180 g/mol. The van der Waals surface area contributed by atoms with E-state index in [1.54, 1.807) is 64.2 Å². The van der Waals surface area contributed by atoms with Gasteiger partial charge in [0.15, 0.2) is 18.3 Å². The fourth-order valence-corrected chi connectivity index (χ4v) is 21.5. The molecule has 9 heterocycles. The molecule has 3 aliphatic heterocycles. The van der Waals surface area contributed by atoms with Crippen LogP contribution in [-0.2, 0) is 79.4 Å². The number of halogens is 10. The van der Waals surface area contributed by atoms with E-state index in [1.165, 1.54) is 70.7 Å². The number of hydrogen-bond donors (Lipinski definition) is 1. The Kier molecular flexibility index (Phi) is 52.9. The molecule has 3 unspecified atom stereocenters. The van der Waals surface area contributed by atoms with E-state index in [1.807, 2.05) is 92.6 Å². The van der Waals surface area contributed by atoms with E-state index in [0.717, 1.165) is 102 Å². The Labute approximate surface area is 831 Å². The molecule has 0 bridgehead atoms. The molecule has 1 N–H and O–H groups in total. The Morgan fingerprint density at radius 3 is 1.37 bits per heavy atom. The molecule has 0 amide bonds. The number of carbonyl (C=O) groups excluding carboxylic acids is 6. The third kappa shape index (κ3) is 35.2. The second-order valence-electron chi connectivity index (χ2n) is 27.8. The molecule has 0 spiro atoms. The van der Waals surface area contributed by atoms with Gasteiger partial charge in [-0.2, -0.15) is 0 Å². The van der Waals surface area contributed by atoms with Crippen LogP contribution in [0.25, 0.3) is 11.1 Å². The van der Waals surface area contributed by atoms with Crippen molar-refractivity contribution < 1.29 is 152 Å². The van der Waals surface area contributed by atoms with E-state index < -0.39 is 59.2 Å². The zero-order valence-electron chi connectivity index (χ0n) is 70.2. The maximum atomic E-state index is 12.8. The number of Topliss-reactive ketones (excluding diaryl/α,β-unsaturated/α-hetero) is 1. The summed E-state index contributed by atoms with van der Waals surface area (Å²) in [5.74, 6) is -1.02. The Balaban J connectivity index is 0.00000139. The second-order valence-corrected chi connectivity index (χ2v) is 42.2. The van der Waals surface area contributed by atoms with Crippen LogP contribution >= 0.6 is 206 Å². The summed E-state index contributed by atoms with van der Waals surface area (Å²) in [6.07, 6.45) is 1.26. The second kappa shape index (κ2) is 54.3. The van der Waals surface area contributed by atoms with Crippen LogP contribution < -0.4 is 79.3 Å². The molecule has 644 valence electrons. The summed E-state index contributed by atoms with van der Waals surface area (Å²) in [7, 11) is -0.280. The summed E-state index contributed by atoms with van der Waals surface area (Å²) in [4.78, 5) is 76.3. The smallest absolute Gasteiger partial charge is 1.00 e. The normalized spacial score (nSPS) is 13.8. The average molecular weight is 2190 g/mol. The molecule has 0 saturated carbocycles. The van der Waals surface area contributed by atoms with E-state index in [0.29, 0.717) is 60.0 Å². The van der Waals surface area contributed by atoms with Crippen molar-refractivity contribution in [2.75, 3.05) is 39.6 Å². The van der Waals surface area contributed by atoms with E-state index in [4.69, 9.17) is 111 Å². The summed E-state index contributed by atoms with van der Waals surface area (Å²) in [6.45, 7) is 40.6. The largest absolute Gasteiger partial charge is 1.00 e. The summed E-state index contributed by atoms with van der Waals surface area (Å²) in [5, 5.41) is 20.2. The standard InChI is InChI=1S/C22H27ClO4S.C15H21BO3.C13H18BrClO3S.C9H10BrClO3S.C9H8BrClO3S.C5H4BrClS.C5H5BrS.CH2O3.CH4.2Na.H/c1-6-25-21(24)19(27-22(3,4)5)17-13(2)28-20(23)18(17)15-9-10-16-14(12-15)8-7-11-26-16;1-14(2)15(3,4)19-16(18-14)12-7-8-13-11(10-12)6-5-9-17-13;1-6-17-12(16)10(18-13(3,4)5)8-7(2)19-11(15)9(8)14;2*1-3-14-9(13)7(12)5-4(2)15-8(11)6(5)10;1-3-2-4(6)5(7)8-3;1-4-2-5(6)3-7-4;2-1-4-3;;;;/h9-10,12,19H,6-8,11H2,1-5H3;7-8,10H,5-6,9H2,1-4H3;10H,6H2,1-5H3;7,12H,3H2,1-2H3;3H2,1-2H3;2H,1H3;2-3H,1H3;1,3H;1H4;;;/q;;;;;;;;;2*+1;-1/p-1. The number of hydrogen-bond acceptors (Lipinski definition) is 25. The van der Waals surface area contributed by atoms with Gasteiger partial charge in [0, 0.05) is 65.8 Å². The number of esters is 4. The summed E-state index contributed by atoms with van der Waals surface area (Å²) in [6, 6.07) is 16.5. The first-order valence-corrected chi connectivity index (χ1v) is 46.5. The minimum Gasteiger partial charge on any atom is -1.00 e. The van der Waals surface area contributed by atoms with Crippen molar-refractivity contribution >= 4 is 254 Å². The van der Waals surface area contributed by atoms with Crippen LogP contribution in [0.4, 0.5) is 0 Å². The van der Waals surface area contributed by atoms with Gasteiger partial charge in [-0.05, 0) is 296 Å². The zero-order chi connectivity index (χ0) is 86.9. The van der Waals surface area contributed by atoms with Crippen LogP contribution in [0.2, 0.25) is 21.7 Å². The molecule has 8 aromatic rings. The average Bonchev–Trinajstić information content (AvgIpc) is 1.64. The van der Waals surface area contributed by atoms with Crippen LogP contribution in [-0.4, -0.2) is 110 Å². The quantitative estimate of drug-likeness (QED) is 0.0130. The molecule has 3 atom stereocenters. The van der Waals surface area contributed by atoms with Gasteiger partial charge in [0.1, 0.15) is 33.2 Å². The van der Waals surface area contributed by atoms with Gasteiger partial charge in [0.25, 0.3) is 12.3 Å². The van der Waals surface area contributed by atoms with Crippen LogP contribution in [0.15, 0.2) is 76.3 Å². The summed E-state index contributed by atoms with van der Waals surface area (Å²) >= 11 is 55.4. The summed E-state index contributed by atoms with van der Waals surface area (Å²) < 4.78 is 62.3. The van der Waals surface area contributed by atoms with Crippen LogP contribution in [0.3, 0.4) is 0 Å². The number of thiophene rings is 6. The molecule has 118 heavy (non-hydrogen) atoms. The fraction of sp³-hybridized carbons (Fsp3) is 0.475. The Morgan fingerprint density at radius 1 is 0.576 bits per heavy atom. The number of aliphatic hydroxyl groups is 1. The number of aliphatic hydroxyl groups excluding tert-OH is 1. The predicted octanol–water partition coefficient (Wildman–Crippen LogP) is 19.1. The molecule has 1 fully saturated rings. The Hall–Kier alpha value is -1.07. The van der Waals surface area contributed by atoms with Crippen molar-refractivity contribution in [2.45, 2.75) is 212 Å². The zero-order valence-corrected chi connectivity index (χ0v) is 89.8. The van der Waals surface area contributed by atoms with Gasteiger partial charge in [0.2, 0.25) is 0 Å². The maximum Gasteiger partial charge on any atom is 1.00 e. The van der Waals surface area contributed by atoms with E-state index in [9.17, 15) is 29.1 Å². The molecular weight excluding hydrogens is 2090 g/mol. The fourth-order valence-electron chi connectivity index (χ4n) is 10.6. The topological polar surface area (TPSA) is 247 Å². The molecule has 38 heteroatoms. The molecule has 2 aromatic carbocycles. The number of aryl methyl sites for hydroxylation is 8. The SMILES string of the molecule is C.CC1(C)OB(c2ccc3c(c2)CCCO3)OC1(C)C.CCOC(=O)C(=O)c1c(C)sc(Cl)c1Br.CCOC(=O)C(O)c1c(C)sc(Cl)c1Br.CCOC(=O)C(OC(C)(C)C)c1c(C)sc(Cl)c1-c1ccc2c(c1)CCCO2.CCOC(=O)C(OC(C)(C)C)c1c(C)sc(Cl)c1Br.Cc1cc(Br)c(Cl)s1.Cc1cc(Br)cs1.O=CO[O-].[H-].[Na+].[Na+]. The number of ketones is 1. The maximum absolute atomic E-state index is 12.8. The minimum absolute atomic E-state index is 0. The number of fused-ring (bicyclic) bond motifs is 2. The minimum atomic E-state index is -1.27. The number of rotatable bonds is 17. The van der Waals surface area contributed by atoms with Gasteiger partial charge in [-0.25, -0.2) is 19.2 Å². The van der Waals surface area contributed by atoms with E-state index in [2.05, 4.69) is 147 Å². The van der Waals surface area contributed by atoms with Gasteiger partial charge >= 0.3 is 90.1 Å². The van der Waals surface area contributed by atoms with Gasteiger partial charge in [-0.1, -0.05) is 83.6 Å². The molecule has 1 saturated heterocycles. The van der Waals surface area contributed by atoms with Gasteiger partial charge in [0.05, 0.1) is 81.0 Å². The van der Waals surface area contributed by atoms with Crippen LogP contribution in [0.5, 0.6) is 11.5 Å². The third-order valence-corrected chi connectivity index (χ3v) is 29.5. The van der Waals surface area contributed by atoms with Crippen LogP contribution in [0, 0.1) is 41.5 Å². The van der Waals surface area contributed by atoms with Crippen LogP contribution in [0.1, 0.15) is 204 Å². The third-order valence-electron chi connectivity index (χ3n) is 16.2. The van der Waals surface area contributed by atoms with Crippen molar-refractivity contribution in [1.29, 1.82) is 0 Å². The Bertz CT molecular complexity index is 4530. The Morgan fingerprint density at radius 2 is 1.00 bits per heavy atom. The predicted molar refractivity (Wildman–Crippen MR) is 491 cm³/mol. The molecule has 0 aliphatic carbocycles. The molecule has 11 rings (SSSR count). The van der Waals surface area contributed by atoms with Gasteiger partial charge in [-0.15, -0.1) is 68.0 Å². The number of carbonyl (C=O) groups is 6. The molecule has 0 radical (unpaired) electrons. The number of ether oxygens (including phenoxy) is 8. The van der Waals surface area contributed by atoms with Crippen molar-refractivity contribution in [3.8, 4) is 22.6 Å². The molecule has 19 nitrogen and oxygen atoms in total. The summed E-state index contributed by atoms with van der Waals surface area (Å²) in [5.41, 5.74) is 6.11. The molecule has 3 aliphatic rings. The number of benzene rings is 2. The van der Waals surface area contributed by atoms with E-state index in [-0.39, 0.29) is 106 Å². The first-order valence-electron chi connectivity index (χ1n) is 35.7. The first-order chi connectivity index (χ1) is 53.6. The van der Waals surface area contributed by atoms with Crippen molar-refractivity contribution in [3.63, 3.8) is 0 Å². The van der Waals surface area contributed by atoms with Gasteiger partial charge < -0.3 is 63.9 Å². The van der Waals surface area contributed by atoms with E-state index >= 15 is 0 Å². The van der Waals surface area contributed by atoms with Crippen molar-refractivity contribution in [1.82, 2.24) is 0 Å². The molecule has 6 aromatic heterocycles. The van der Waals surface area contributed by atoms with Crippen molar-refractivity contribution in [2.24, 2.45) is 0 Å². The van der Waals surface area contributed by atoms with Gasteiger partial charge in [-0.3, -0.25) is 9.59 Å². The van der Waals surface area contributed by atoms with Crippen molar-refractivity contribution in [3.05, 3.63) is 161 Å².